The van der Waals surface area contributed by atoms with Crippen LogP contribution in [-0.4, -0.2) is 21.0 Å². The van der Waals surface area contributed by atoms with Gasteiger partial charge in [0.1, 0.15) is 6.04 Å². The number of benzene rings is 1. The van der Waals surface area contributed by atoms with Crippen molar-refractivity contribution in [3.8, 4) is 0 Å². The molecule has 6 heteroatoms. The summed E-state index contributed by atoms with van der Waals surface area (Å²) in [4.78, 5) is 11.1. The fourth-order valence-corrected chi connectivity index (χ4v) is 1.67. The molecule has 0 radical (unpaired) electrons. The lowest BCUT2D eigenvalue weighted by Gasteiger charge is -2.02. The zero-order chi connectivity index (χ0) is 11.7. The molecule has 84 valence electrons. The Kier molecular flexibility index (Phi) is 2.47. The number of nitrogens with zero attached hydrogens (tertiary/aromatic N) is 3. The van der Waals surface area contributed by atoms with Crippen molar-refractivity contribution in [1.82, 2.24) is 9.90 Å². The summed E-state index contributed by atoms with van der Waals surface area (Å²) in [6.07, 6.45) is -0.0638. The van der Waals surface area contributed by atoms with Crippen LogP contribution in [0, 0.1) is 5.21 Å². The number of hydrogen-bond acceptors (Lipinski definition) is 3. The van der Waals surface area contributed by atoms with Gasteiger partial charge in [0.25, 0.3) is 0 Å². The first-order valence-corrected chi connectivity index (χ1v) is 4.88. The third-order valence-corrected chi connectivity index (χ3v) is 2.40. The SMILES string of the molecule is CC(CC(=O)O)n1n[n+]([O-])c2ccccc21. The quantitative estimate of drug-likeness (QED) is 0.611. The fourth-order valence-electron chi connectivity index (χ4n) is 1.67. The minimum absolute atomic E-state index is 0.0638. The van der Waals surface area contributed by atoms with Gasteiger partial charge in [0.15, 0.2) is 5.52 Å². The molecule has 0 amide bonds. The number of aromatic nitrogens is 3. The maximum Gasteiger partial charge on any atom is 0.307 e. The van der Waals surface area contributed by atoms with Gasteiger partial charge in [-0.25, -0.2) is 0 Å². The molecule has 6 nitrogen and oxygen atoms in total. The number of carboxylic acid groups (broad SMARTS) is 1. The van der Waals surface area contributed by atoms with Crippen LogP contribution in [0.15, 0.2) is 24.3 Å². The number of aliphatic carboxylic acids is 1. The van der Waals surface area contributed by atoms with E-state index in [-0.39, 0.29) is 12.5 Å². The largest absolute Gasteiger partial charge is 0.691 e. The van der Waals surface area contributed by atoms with Crippen LogP contribution in [0.25, 0.3) is 11.0 Å². The van der Waals surface area contributed by atoms with Gasteiger partial charge in [-0.1, -0.05) is 12.1 Å². The van der Waals surface area contributed by atoms with Crippen LogP contribution in [0.5, 0.6) is 0 Å². The highest BCUT2D eigenvalue weighted by Gasteiger charge is 2.21. The van der Waals surface area contributed by atoms with Crippen LogP contribution in [0.2, 0.25) is 0 Å². The zero-order valence-electron chi connectivity index (χ0n) is 8.70. The summed E-state index contributed by atoms with van der Waals surface area (Å²) in [5, 5.41) is 23.9. The van der Waals surface area contributed by atoms with Crippen molar-refractivity contribution in [2.24, 2.45) is 0 Å². The Balaban J connectivity index is 2.48. The molecule has 1 unspecified atom stereocenters. The number of carbonyl (C=O) groups is 1. The zero-order valence-corrected chi connectivity index (χ0v) is 8.70. The third-order valence-electron chi connectivity index (χ3n) is 2.40. The molecule has 0 fully saturated rings. The van der Waals surface area contributed by atoms with Crippen LogP contribution >= 0.6 is 0 Å². The predicted molar refractivity (Wildman–Crippen MR) is 55.7 cm³/mol. The van der Waals surface area contributed by atoms with Gasteiger partial charge in [0, 0.05) is 0 Å². The first kappa shape index (κ1) is 10.4. The second-order valence-corrected chi connectivity index (χ2v) is 3.64. The van der Waals surface area contributed by atoms with Crippen molar-refractivity contribution < 1.29 is 14.7 Å². The third kappa shape index (κ3) is 1.69. The number of fused-ring (bicyclic) bond motifs is 1. The summed E-state index contributed by atoms with van der Waals surface area (Å²) in [5.74, 6) is -0.912. The molecule has 0 bridgehead atoms. The van der Waals surface area contributed by atoms with Crippen LogP contribution in [0.4, 0.5) is 0 Å². The van der Waals surface area contributed by atoms with E-state index in [1.807, 2.05) is 0 Å². The average Bonchev–Trinajstić information content (AvgIpc) is 2.56. The second-order valence-electron chi connectivity index (χ2n) is 3.64. The van der Waals surface area contributed by atoms with Crippen molar-refractivity contribution in [2.75, 3.05) is 0 Å². The molecule has 0 aliphatic carbocycles. The van der Waals surface area contributed by atoms with Gasteiger partial charge in [-0.15, -0.1) is 9.53 Å². The first-order valence-electron chi connectivity index (χ1n) is 4.88. The maximum atomic E-state index is 11.4. The summed E-state index contributed by atoms with van der Waals surface area (Å²) in [5.41, 5.74) is 1.09. The van der Waals surface area contributed by atoms with Gasteiger partial charge < -0.3 is 10.3 Å². The van der Waals surface area contributed by atoms with E-state index in [4.69, 9.17) is 5.11 Å². The van der Waals surface area contributed by atoms with Gasteiger partial charge in [0.05, 0.1) is 11.6 Å². The Labute approximate surface area is 91.3 Å². The summed E-state index contributed by atoms with van der Waals surface area (Å²) in [6, 6.07) is 6.57. The Bertz CT molecular complexity index is 535. The van der Waals surface area contributed by atoms with E-state index in [1.165, 1.54) is 4.68 Å². The molecule has 0 saturated heterocycles. The average molecular weight is 221 g/mol. The van der Waals surface area contributed by atoms with Crippen molar-refractivity contribution >= 4 is 17.0 Å². The number of rotatable bonds is 3. The minimum atomic E-state index is -0.912. The second kappa shape index (κ2) is 3.80. The minimum Gasteiger partial charge on any atom is -0.691 e. The maximum absolute atomic E-state index is 11.4. The Hall–Kier alpha value is -2.11. The first-order chi connectivity index (χ1) is 7.59. The van der Waals surface area contributed by atoms with E-state index >= 15 is 0 Å². The van der Waals surface area contributed by atoms with Gasteiger partial charge in [-0.2, -0.15) is 0 Å². The molecular formula is C10H11N3O3. The van der Waals surface area contributed by atoms with E-state index < -0.39 is 5.97 Å². The number of hydrogen-bond donors (Lipinski definition) is 1. The van der Waals surface area contributed by atoms with E-state index in [0.717, 1.165) is 0 Å². The highest BCUT2D eigenvalue weighted by molar-refractivity contribution is 5.72. The lowest BCUT2D eigenvalue weighted by molar-refractivity contribution is -0.646. The highest BCUT2D eigenvalue weighted by atomic mass is 16.5. The Morgan fingerprint density at radius 3 is 3.00 bits per heavy atom. The molecule has 2 rings (SSSR count). The van der Waals surface area contributed by atoms with E-state index in [9.17, 15) is 10.0 Å². The molecule has 0 aliphatic heterocycles. The van der Waals surface area contributed by atoms with Crippen LogP contribution in [-0.2, 0) is 4.79 Å². The fraction of sp³-hybridized carbons (Fsp3) is 0.300. The topological polar surface area (TPSA) is 82.1 Å². The van der Waals surface area contributed by atoms with E-state index in [0.29, 0.717) is 15.9 Å². The van der Waals surface area contributed by atoms with Crippen LogP contribution in [0.3, 0.4) is 0 Å². The van der Waals surface area contributed by atoms with Gasteiger partial charge in [-0.3, -0.25) is 4.79 Å². The van der Waals surface area contributed by atoms with Gasteiger partial charge in [-0.05, 0) is 19.1 Å². The highest BCUT2D eigenvalue weighted by Crippen LogP contribution is 2.16. The molecule has 0 spiro atoms. The molecule has 1 atom stereocenters. The Morgan fingerprint density at radius 1 is 1.62 bits per heavy atom. The van der Waals surface area contributed by atoms with E-state index in [2.05, 4.69) is 5.21 Å². The predicted octanol–water partition coefficient (Wildman–Crippen LogP) is 0.705. The van der Waals surface area contributed by atoms with Crippen LogP contribution in [0.1, 0.15) is 19.4 Å². The molecule has 1 aromatic heterocycles. The molecule has 0 aliphatic rings. The molecule has 0 saturated carbocycles. The molecule has 1 aromatic carbocycles. The number of carboxylic acids is 1. The molecule has 1 heterocycles. The summed E-state index contributed by atoms with van der Waals surface area (Å²) in [6.45, 7) is 1.72. The Morgan fingerprint density at radius 2 is 2.31 bits per heavy atom. The van der Waals surface area contributed by atoms with Crippen LogP contribution < -0.4 is 4.85 Å². The van der Waals surface area contributed by atoms with E-state index in [1.54, 1.807) is 31.2 Å². The summed E-state index contributed by atoms with van der Waals surface area (Å²) < 4.78 is 1.44. The van der Waals surface area contributed by atoms with Crippen molar-refractivity contribution in [1.29, 1.82) is 0 Å². The normalized spacial score (nSPS) is 12.8. The van der Waals surface area contributed by atoms with Gasteiger partial charge in [0.2, 0.25) is 5.52 Å². The van der Waals surface area contributed by atoms with Crippen molar-refractivity contribution in [3.05, 3.63) is 29.5 Å². The van der Waals surface area contributed by atoms with Crippen molar-refractivity contribution in [3.63, 3.8) is 0 Å². The smallest absolute Gasteiger partial charge is 0.307 e. The lowest BCUT2D eigenvalue weighted by atomic mass is 10.2. The number of para-hydroxylation sites is 2. The molecule has 2 aromatic rings. The standard InChI is InChI=1S/C10H11N3O3/c1-7(6-10(14)15)12-8-4-2-3-5-9(8)13(16)11-12/h2-5,7H,6H2,1H3,(H,14,15). The summed E-state index contributed by atoms with van der Waals surface area (Å²) >= 11 is 0. The van der Waals surface area contributed by atoms with Gasteiger partial charge >= 0.3 is 5.97 Å². The monoisotopic (exact) mass is 221 g/mol. The molecule has 16 heavy (non-hydrogen) atoms. The molecular weight excluding hydrogens is 210 g/mol. The molecule has 1 N–H and O–H groups in total. The summed E-state index contributed by atoms with van der Waals surface area (Å²) in [7, 11) is 0. The lowest BCUT2D eigenvalue weighted by Crippen LogP contribution is -2.30. The van der Waals surface area contributed by atoms with Crippen molar-refractivity contribution in [2.45, 2.75) is 19.4 Å².